The van der Waals surface area contributed by atoms with Gasteiger partial charge in [-0.1, -0.05) is 0 Å². The van der Waals surface area contributed by atoms with Crippen LogP contribution in [-0.2, 0) is 0 Å². The smallest absolute Gasteiger partial charge is 0.329 e. The van der Waals surface area contributed by atoms with Gasteiger partial charge in [-0.2, -0.15) is 4.98 Å². The summed E-state index contributed by atoms with van der Waals surface area (Å²) in [5.74, 6) is 1.06. The first-order chi connectivity index (χ1) is 13.6. The summed E-state index contributed by atoms with van der Waals surface area (Å²) in [4.78, 5) is 22.3. The molecule has 2 heterocycles. The zero-order chi connectivity index (χ0) is 19.5. The van der Waals surface area contributed by atoms with E-state index in [0.717, 1.165) is 22.3 Å². The molecule has 9 heteroatoms. The molecule has 0 fully saturated rings. The van der Waals surface area contributed by atoms with Crippen LogP contribution in [0.25, 0.3) is 10.9 Å². The van der Waals surface area contributed by atoms with Crippen LogP contribution >= 0.6 is 0 Å². The molecule has 0 aliphatic heterocycles. The topological polar surface area (TPSA) is 118 Å². The van der Waals surface area contributed by atoms with Gasteiger partial charge in [-0.05, 0) is 48.5 Å². The molecule has 0 aliphatic carbocycles. The van der Waals surface area contributed by atoms with E-state index >= 15 is 0 Å². The highest BCUT2D eigenvalue weighted by atomic mass is 16.6. The first kappa shape index (κ1) is 17.3. The third-order valence-electron chi connectivity index (χ3n) is 4.13. The van der Waals surface area contributed by atoms with Crippen molar-refractivity contribution in [1.29, 1.82) is 0 Å². The number of nitrogens with one attached hydrogen (secondary N) is 3. The molecule has 0 saturated carbocycles. The minimum absolute atomic E-state index is 0.103. The Balaban J connectivity index is 1.63. The van der Waals surface area contributed by atoms with Crippen molar-refractivity contribution in [3.8, 4) is 5.75 Å². The second kappa shape index (κ2) is 7.23. The minimum atomic E-state index is -0.520. The molecule has 0 saturated heterocycles. The molecule has 0 atom stereocenters. The van der Waals surface area contributed by atoms with Crippen molar-refractivity contribution >= 4 is 39.7 Å². The van der Waals surface area contributed by atoms with E-state index in [9.17, 15) is 10.1 Å². The van der Waals surface area contributed by atoms with Crippen LogP contribution < -0.4 is 15.4 Å². The summed E-state index contributed by atoms with van der Waals surface area (Å²) < 4.78 is 5.13. The van der Waals surface area contributed by atoms with Crippen LogP contribution in [-0.4, -0.2) is 27.0 Å². The lowest BCUT2D eigenvalue weighted by atomic mass is 10.2. The van der Waals surface area contributed by atoms with Crippen molar-refractivity contribution in [2.45, 2.75) is 0 Å². The molecule has 28 heavy (non-hydrogen) atoms. The normalized spacial score (nSPS) is 10.6. The lowest BCUT2D eigenvalue weighted by molar-refractivity contribution is -0.384. The van der Waals surface area contributed by atoms with E-state index in [-0.39, 0.29) is 17.5 Å². The Bertz CT molecular complexity index is 1140. The number of anilines is 4. The summed E-state index contributed by atoms with van der Waals surface area (Å²) in [7, 11) is 1.59. The summed E-state index contributed by atoms with van der Waals surface area (Å²) in [6, 6.07) is 14.7. The highest BCUT2D eigenvalue weighted by molar-refractivity contribution is 5.84. The zero-order valence-corrected chi connectivity index (χ0v) is 14.8. The first-order valence-electron chi connectivity index (χ1n) is 8.39. The van der Waals surface area contributed by atoms with Crippen LogP contribution in [0.1, 0.15) is 0 Å². The SMILES string of the molecule is COc1ccc(Nc2ncc([N+](=O)[O-])c(Nc3ccc4[nH]ccc4c3)n2)cc1. The van der Waals surface area contributed by atoms with E-state index in [2.05, 4.69) is 25.6 Å². The second-order valence-corrected chi connectivity index (χ2v) is 5.94. The zero-order valence-electron chi connectivity index (χ0n) is 14.8. The Labute approximate surface area is 159 Å². The van der Waals surface area contributed by atoms with Crippen molar-refractivity contribution in [3.63, 3.8) is 0 Å². The van der Waals surface area contributed by atoms with Crippen LogP contribution in [0.3, 0.4) is 0 Å². The average Bonchev–Trinajstić information content (AvgIpc) is 3.16. The van der Waals surface area contributed by atoms with E-state index in [1.165, 1.54) is 6.20 Å². The lowest BCUT2D eigenvalue weighted by Gasteiger charge is -2.10. The third-order valence-corrected chi connectivity index (χ3v) is 4.13. The standard InChI is InChI=1S/C19H16N6O3/c1-28-15-5-2-13(3-6-15)23-19-21-11-17(25(26)27)18(24-19)22-14-4-7-16-12(10-14)8-9-20-16/h2-11,20H,1H3,(H2,21,22,23,24). The van der Waals surface area contributed by atoms with Gasteiger partial charge in [-0.15, -0.1) is 0 Å². The summed E-state index contributed by atoms with van der Waals surface area (Å²) in [6.07, 6.45) is 3.01. The molecule has 2 aromatic heterocycles. The fraction of sp³-hybridized carbons (Fsp3) is 0.0526. The quantitative estimate of drug-likeness (QED) is 0.338. The highest BCUT2D eigenvalue weighted by Gasteiger charge is 2.18. The molecular weight excluding hydrogens is 360 g/mol. The van der Waals surface area contributed by atoms with Crippen LogP contribution in [0.15, 0.2) is 60.9 Å². The fourth-order valence-electron chi connectivity index (χ4n) is 2.73. The summed E-state index contributed by atoms with van der Waals surface area (Å²) in [5.41, 5.74) is 2.18. The molecule has 0 amide bonds. The monoisotopic (exact) mass is 376 g/mol. The second-order valence-electron chi connectivity index (χ2n) is 5.94. The number of ether oxygens (including phenoxy) is 1. The molecule has 0 unspecified atom stereocenters. The van der Waals surface area contributed by atoms with Gasteiger partial charge in [-0.25, -0.2) is 4.98 Å². The Morgan fingerprint density at radius 3 is 2.61 bits per heavy atom. The molecule has 4 rings (SSSR count). The van der Waals surface area contributed by atoms with Crippen molar-refractivity contribution in [2.75, 3.05) is 17.7 Å². The molecular formula is C19H16N6O3. The van der Waals surface area contributed by atoms with E-state index in [0.29, 0.717) is 5.69 Å². The number of H-pyrrole nitrogens is 1. The maximum absolute atomic E-state index is 11.4. The number of fused-ring (bicyclic) bond motifs is 1. The number of methoxy groups -OCH3 is 1. The first-order valence-corrected chi connectivity index (χ1v) is 8.39. The molecule has 0 bridgehead atoms. The number of aromatic nitrogens is 3. The van der Waals surface area contributed by atoms with Crippen molar-refractivity contribution < 1.29 is 9.66 Å². The molecule has 0 spiro atoms. The molecule has 0 radical (unpaired) electrons. The molecule has 4 aromatic rings. The average molecular weight is 376 g/mol. The highest BCUT2D eigenvalue weighted by Crippen LogP contribution is 2.28. The van der Waals surface area contributed by atoms with E-state index in [1.54, 1.807) is 31.4 Å². The van der Waals surface area contributed by atoms with Gasteiger partial charge in [0.05, 0.1) is 12.0 Å². The lowest BCUT2D eigenvalue weighted by Crippen LogP contribution is -2.04. The maximum Gasteiger partial charge on any atom is 0.329 e. The van der Waals surface area contributed by atoms with Gasteiger partial charge in [0.1, 0.15) is 11.9 Å². The van der Waals surface area contributed by atoms with Gasteiger partial charge in [0, 0.05) is 28.5 Å². The predicted molar refractivity (Wildman–Crippen MR) is 107 cm³/mol. The summed E-state index contributed by atoms with van der Waals surface area (Å²) in [6.45, 7) is 0. The largest absolute Gasteiger partial charge is 0.497 e. The van der Waals surface area contributed by atoms with Gasteiger partial charge >= 0.3 is 5.69 Å². The van der Waals surface area contributed by atoms with Gasteiger partial charge < -0.3 is 20.4 Å². The predicted octanol–water partition coefficient (Wildman–Crippen LogP) is 4.36. The molecule has 9 nitrogen and oxygen atoms in total. The molecule has 0 aliphatic rings. The Kier molecular flexibility index (Phi) is 4.47. The third kappa shape index (κ3) is 3.54. The number of benzene rings is 2. The number of nitro groups is 1. The number of rotatable bonds is 6. The van der Waals surface area contributed by atoms with E-state index in [1.807, 2.05) is 30.5 Å². The summed E-state index contributed by atoms with van der Waals surface area (Å²) >= 11 is 0. The van der Waals surface area contributed by atoms with Crippen molar-refractivity contribution in [1.82, 2.24) is 15.0 Å². The summed E-state index contributed by atoms with van der Waals surface area (Å²) in [5, 5.41) is 18.4. The minimum Gasteiger partial charge on any atom is -0.497 e. The molecule has 3 N–H and O–H groups in total. The van der Waals surface area contributed by atoms with Crippen molar-refractivity contribution in [2.24, 2.45) is 0 Å². The van der Waals surface area contributed by atoms with Crippen LogP contribution in [0, 0.1) is 10.1 Å². The van der Waals surface area contributed by atoms with Gasteiger partial charge in [0.15, 0.2) is 0 Å². The van der Waals surface area contributed by atoms with Crippen LogP contribution in [0.5, 0.6) is 5.75 Å². The maximum atomic E-state index is 11.4. The van der Waals surface area contributed by atoms with Gasteiger partial charge in [0.25, 0.3) is 0 Å². The van der Waals surface area contributed by atoms with E-state index < -0.39 is 4.92 Å². The Hall–Kier alpha value is -4.14. The molecule has 2 aromatic carbocycles. The van der Waals surface area contributed by atoms with Gasteiger partial charge in [0.2, 0.25) is 11.8 Å². The van der Waals surface area contributed by atoms with Gasteiger partial charge in [-0.3, -0.25) is 10.1 Å². The van der Waals surface area contributed by atoms with Crippen LogP contribution in [0.2, 0.25) is 0 Å². The van der Waals surface area contributed by atoms with Crippen LogP contribution in [0.4, 0.5) is 28.8 Å². The van der Waals surface area contributed by atoms with Crippen molar-refractivity contribution in [3.05, 3.63) is 71.0 Å². The number of hydrogen-bond acceptors (Lipinski definition) is 7. The number of hydrogen-bond donors (Lipinski definition) is 3. The Morgan fingerprint density at radius 2 is 1.86 bits per heavy atom. The van der Waals surface area contributed by atoms with E-state index in [4.69, 9.17) is 4.74 Å². The fourth-order valence-corrected chi connectivity index (χ4v) is 2.73. The number of nitrogens with zero attached hydrogens (tertiary/aromatic N) is 3. The number of aromatic amines is 1. The Morgan fingerprint density at radius 1 is 1.07 bits per heavy atom. The molecule has 140 valence electrons.